The SMILES string of the molecule is CCN1CCCCC(CNC)C1c1nc(C)cs1. The lowest BCUT2D eigenvalue weighted by molar-refractivity contribution is 0.162. The molecule has 102 valence electrons. The Balaban J connectivity index is 2.25. The maximum Gasteiger partial charge on any atom is 0.110 e. The molecule has 2 atom stereocenters. The van der Waals surface area contributed by atoms with Crippen LogP contribution in [0.2, 0.25) is 0 Å². The summed E-state index contributed by atoms with van der Waals surface area (Å²) in [5.41, 5.74) is 1.17. The predicted octanol–water partition coefficient (Wildman–Crippen LogP) is 2.83. The van der Waals surface area contributed by atoms with E-state index in [1.165, 1.54) is 36.5 Å². The number of rotatable bonds is 4. The molecule has 0 saturated carbocycles. The van der Waals surface area contributed by atoms with Crippen LogP contribution in [0.4, 0.5) is 0 Å². The number of hydrogen-bond donors (Lipinski definition) is 1. The lowest BCUT2D eigenvalue weighted by Crippen LogP contribution is -2.36. The van der Waals surface area contributed by atoms with Crippen LogP contribution in [0.15, 0.2) is 5.38 Å². The first-order chi connectivity index (χ1) is 8.76. The van der Waals surface area contributed by atoms with Crippen molar-refractivity contribution < 1.29 is 0 Å². The fraction of sp³-hybridized carbons (Fsp3) is 0.786. The third-order valence-electron chi connectivity index (χ3n) is 3.87. The summed E-state index contributed by atoms with van der Waals surface area (Å²) in [5.74, 6) is 0.697. The van der Waals surface area contributed by atoms with E-state index in [1.807, 2.05) is 11.3 Å². The summed E-state index contributed by atoms with van der Waals surface area (Å²) >= 11 is 1.83. The fourth-order valence-corrected chi connectivity index (χ4v) is 4.03. The summed E-state index contributed by atoms with van der Waals surface area (Å²) in [6, 6.07) is 0.517. The van der Waals surface area contributed by atoms with Gasteiger partial charge in [-0.05, 0) is 52.4 Å². The van der Waals surface area contributed by atoms with Crippen LogP contribution in [-0.2, 0) is 0 Å². The first-order valence-electron chi connectivity index (χ1n) is 7.07. The second-order valence-electron chi connectivity index (χ2n) is 5.21. The number of likely N-dealkylation sites (tertiary alicyclic amines) is 1. The Kier molecular flexibility index (Phi) is 5.15. The van der Waals surface area contributed by atoms with Crippen molar-refractivity contribution in [2.45, 2.75) is 39.2 Å². The maximum atomic E-state index is 4.76. The minimum absolute atomic E-state index is 0.517. The van der Waals surface area contributed by atoms with Gasteiger partial charge in [-0.3, -0.25) is 4.90 Å². The van der Waals surface area contributed by atoms with E-state index >= 15 is 0 Å². The minimum Gasteiger partial charge on any atom is -0.319 e. The molecule has 1 aliphatic heterocycles. The van der Waals surface area contributed by atoms with Crippen LogP contribution >= 0.6 is 11.3 Å². The van der Waals surface area contributed by atoms with E-state index in [1.54, 1.807) is 0 Å². The zero-order chi connectivity index (χ0) is 13.0. The summed E-state index contributed by atoms with van der Waals surface area (Å²) < 4.78 is 0. The molecule has 1 N–H and O–H groups in total. The summed E-state index contributed by atoms with van der Waals surface area (Å²) in [4.78, 5) is 7.37. The Morgan fingerprint density at radius 1 is 1.50 bits per heavy atom. The molecule has 2 rings (SSSR count). The summed E-state index contributed by atoms with van der Waals surface area (Å²) in [6.07, 6.45) is 4.00. The number of hydrogen-bond acceptors (Lipinski definition) is 4. The quantitative estimate of drug-likeness (QED) is 0.909. The zero-order valence-corrected chi connectivity index (χ0v) is 12.6. The molecule has 18 heavy (non-hydrogen) atoms. The summed E-state index contributed by atoms with van der Waals surface area (Å²) in [6.45, 7) is 7.82. The lowest BCUT2D eigenvalue weighted by Gasteiger charge is -2.32. The van der Waals surface area contributed by atoms with Crippen molar-refractivity contribution in [2.24, 2.45) is 5.92 Å². The molecular weight excluding hydrogens is 242 g/mol. The summed E-state index contributed by atoms with van der Waals surface area (Å²) in [5, 5.41) is 6.87. The van der Waals surface area contributed by atoms with Crippen LogP contribution in [0.25, 0.3) is 0 Å². The second-order valence-corrected chi connectivity index (χ2v) is 6.10. The van der Waals surface area contributed by atoms with Crippen LogP contribution < -0.4 is 5.32 Å². The van der Waals surface area contributed by atoms with Crippen molar-refractivity contribution in [1.29, 1.82) is 0 Å². The van der Waals surface area contributed by atoms with Crippen LogP contribution in [0.5, 0.6) is 0 Å². The molecule has 2 heterocycles. The van der Waals surface area contributed by atoms with Gasteiger partial charge in [0.1, 0.15) is 5.01 Å². The van der Waals surface area contributed by atoms with Gasteiger partial charge in [0.15, 0.2) is 0 Å². The largest absolute Gasteiger partial charge is 0.319 e. The lowest BCUT2D eigenvalue weighted by atomic mass is 9.95. The smallest absolute Gasteiger partial charge is 0.110 e. The van der Waals surface area contributed by atoms with E-state index in [0.717, 1.165) is 13.1 Å². The van der Waals surface area contributed by atoms with E-state index < -0.39 is 0 Å². The first kappa shape index (κ1) is 14.0. The highest BCUT2D eigenvalue weighted by molar-refractivity contribution is 7.09. The zero-order valence-electron chi connectivity index (χ0n) is 11.8. The van der Waals surface area contributed by atoms with Crippen LogP contribution in [0.3, 0.4) is 0 Å². The molecule has 0 bridgehead atoms. The van der Waals surface area contributed by atoms with Gasteiger partial charge in [0, 0.05) is 11.1 Å². The molecule has 0 spiro atoms. The normalized spacial score (nSPS) is 26.2. The number of thiazole rings is 1. The number of nitrogens with zero attached hydrogens (tertiary/aromatic N) is 2. The van der Waals surface area contributed by atoms with Crippen molar-refractivity contribution in [3.63, 3.8) is 0 Å². The van der Waals surface area contributed by atoms with Gasteiger partial charge < -0.3 is 5.32 Å². The Morgan fingerprint density at radius 3 is 2.94 bits per heavy atom. The van der Waals surface area contributed by atoms with Gasteiger partial charge in [0.2, 0.25) is 0 Å². The molecule has 2 unspecified atom stereocenters. The molecule has 0 aliphatic carbocycles. The third kappa shape index (κ3) is 3.11. The average Bonchev–Trinajstić information content (AvgIpc) is 2.68. The predicted molar refractivity (Wildman–Crippen MR) is 78.1 cm³/mol. The van der Waals surface area contributed by atoms with Gasteiger partial charge >= 0.3 is 0 Å². The Hall–Kier alpha value is -0.450. The number of nitrogens with one attached hydrogen (secondary N) is 1. The van der Waals surface area contributed by atoms with E-state index in [4.69, 9.17) is 4.98 Å². The maximum absolute atomic E-state index is 4.76. The van der Waals surface area contributed by atoms with Crippen molar-refractivity contribution in [2.75, 3.05) is 26.7 Å². The highest BCUT2D eigenvalue weighted by Crippen LogP contribution is 2.36. The van der Waals surface area contributed by atoms with Crippen LogP contribution in [0.1, 0.15) is 42.9 Å². The van der Waals surface area contributed by atoms with Gasteiger partial charge in [-0.1, -0.05) is 13.3 Å². The van der Waals surface area contributed by atoms with Crippen LogP contribution in [-0.4, -0.2) is 36.6 Å². The third-order valence-corrected chi connectivity index (χ3v) is 4.91. The van der Waals surface area contributed by atoms with Gasteiger partial charge in [-0.2, -0.15) is 0 Å². The monoisotopic (exact) mass is 267 g/mol. The molecule has 0 amide bonds. The van der Waals surface area contributed by atoms with Gasteiger partial charge in [0.05, 0.1) is 6.04 Å². The fourth-order valence-electron chi connectivity index (χ4n) is 3.01. The standard InChI is InChI=1S/C14H25N3S/c1-4-17-8-6-5-7-12(9-15-3)13(17)14-16-11(2)10-18-14/h10,12-13,15H,4-9H2,1-3H3. The Morgan fingerprint density at radius 2 is 2.33 bits per heavy atom. The van der Waals surface area contributed by atoms with E-state index in [2.05, 4.69) is 36.5 Å². The van der Waals surface area contributed by atoms with Crippen molar-refractivity contribution in [3.05, 3.63) is 16.1 Å². The van der Waals surface area contributed by atoms with Gasteiger partial charge in [-0.15, -0.1) is 11.3 Å². The highest BCUT2D eigenvalue weighted by Gasteiger charge is 2.31. The number of aromatic nitrogens is 1. The molecule has 4 heteroatoms. The van der Waals surface area contributed by atoms with Gasteiger partial charge in [-0.25, -0.2) is 4.98 Å². The molecule has 1 aliphatic rings. The van der Waals surface area contributed by atoms with Crippen molar-refractivity contribution in [1.82, 2.24) is 15.2 Å². The first-order valence-corrected chi connectivity index (χ1v) is 7.95. The Bertz CT molecular complexity index is 364. The highest BCUT2D eigenvalue weighted by atomic mass is 32.1. The molecular formula is C14H25N3S. The number of aryl methyl sites for hydroxylation is 1. The molecule has 1 fully saturated rings. The molecule has 0 aromatic carbocycles. The van der Waals surface area contributed by atoms with Crippen LogP contribution in [0, 0.1) is 12.8 Å². The van der Waals surface area contributed by atoms with E-state index in [9.17, 15) is 0 Å². The molecule has 1 aromatic rings. The molecule has 1 saturated heterocycles. The van der Waals surface area contributed by atoms with Gasteiger partial charge in [0.25, 0.3) is 0 Å². The topological polar surface area (TPSA) is 28.2 Å². The Labute approximate surface area is 115 Å². The minimum atomic E-state index is 0.517. The molecule has 0 radical (unpaired) electrons. The molecule has 1 aromatic heterocycles. The van der Waals surface area contributed by atoms with Crippen molar-refractivity contribution in [3.8, 4) is 0 Å². The van der Waals surface area contributed by atoms with E-state index in [-0.39, 0.29) is 0 Å². The average molecular weight is 267 g/mol. The van der Waals surface area contributed by atoms with E-state index in [0.29, 0.717) is 12.0 Å². The summed E-state index contributed by atoms with van der Waals surface area (Å²) in [7, 11) is 2.06. The second kappa shape index (κ2) is 6.64. The molecule has 3 nitrogen and oxygen atoms in total. The van der Waals surface area contributed by atoms with Crippen molar-refractivity contribution >= 4 is 11.3 Å².